The number of aromatic nitrogens is 4. The highest BCUT2D eigenvalue weighted by Crippen LogP contribution is 2.29. The molecule has 2 aromatic heterocycles. The zero-order valence-electron chi connectivity index (χ0n) is 17.8. The number of halogens is 2. The van der Waals surface area contributed by atoms with E-state index < -0.39 is 6.43 Å². The SMILES string of the molecule is Nc1ccc(CNc2cc(-n3c(C(F)F)nc4ccccc43)nc(N3CCOCC3)n2)cc1. The van der Waals surface area contributed by atoms with E-state index in [2.05, 4.69) is 20.3 Å². The molecule has 0 bridgehead atoms. The van der Waals surface area contributed by atoms with Gasteiger partial charge in [0, 0.05) is 31.4 Å². The Labute approximate surface area is 189 Å². The summed E-state index contributed by atoms with van der Waals surface area (Å²) in [5, 5.41) is 3.29. The minimum absolute atomic E-state index is 0.329. The molecule has 1 saturated heterocycles. The average Bonchev–Trinajstić information content (AvgIpc) is 3.24. The van der Waals surface area contributed by atoms with Crippen LogP contribution < -0.4 is 16.0 Å². The van der Waals surface area contributed by atoms with Crippen molar-refractivity contribution in [1.29, 1.82) is 0 Å². The maximum Gasteiger partial charge on any atom is 0.296 e. The summed E-state index contributed by atoms with van der Waals surface area (Å²) in [5.41, 5.74) is 8.51. The van der Waals surface area contributed by atoms with Gasteiger partial charge in [0.2, 0.25) is 5.95 Å². The van der Waals surface area contributed by atoms with E-state index in [1.54, 1.807) is 30.3 Å². The van der Waals surface area contributed by atoms with Crippen molar-refractivity contribution in [2.45, 2.75) is 13.0 Å². The third-order valence-electron chi connectivity index (χ3n) is 5.46. The van der Waals surface area contributed by atoms with Crippen LogP contribution in [0.5, 0.6) is 0 Å². The van der Waals surface area contributed by atoms with Crippen molar-refractivity contribution in [3.05, 3.63) is 66.0 Å². The molecule has 0 amide bonds. The topological polar surface area (TPSA) is 94.1 Å². The number of nitrogens with zero attached hydrogens (tertiary/aromatic N) is 5. The molecule has 5 rings (SSSR count). The van der Waals surface area contributed by atoms with Crippen LogP contribution in [0.4, 0.5) is 26.2 Å². The highest BCUT2D eigenvalue weighted by Gasteiger charge is 2.23. The van der Waals surface area contributed by atoms with E-state index >= 15 is 0 Å². The Balaban J connectivity index is 1.58. The number of ether oxygens (including phenoxy) is 1. The second kappa shape index (κ2) is 8.99. The maximum absolute atomic E-state index is 13.9. The second-order valence-electron chi connectivity index (χ2n) is 7.70. The van der Waals surface area contributed by atoms with Gasteiger partial charge in [-0.05, 0) is 29.8 Å². The number of nitrogens with one attached hydrogen (secondary N) is 1. The van der Waals surface area contributed by atoms with Gasteiger partial charge in [0.05, 0.1) is 24.2 Å². The maximum atomic E-state index is 13.9. The molecule has 0 radical (unpaired) electrons. The summed E-state index contributed by atoms with van der Waals surface area (Å²) in [7, 11) is 0. The minimum atomic E-state index is -2.76. The molecule has 3 heterocycles. The largest absolute Gasteiger partial charge is 0.399 e. The number of imidazole rings is 1. The number of anilines is 3. The van der Waals surface area contributed by atoms with E-state index in [9.17, 15) is 8.78 Å². The van der Waals surface area contributed by atoms with Crippen molar-refractivity contribution < 1.29 is 13.5 Å². The van der Waals surface area contributed by atoms with E-state index in [-0.39, 0.29) is 5.82 Å². The van der Waals surface area contributed by atoms with Crippen LogP contribution in [0.25, 0.3) is 16.9 Å². The van der Waals surface area contributed by atoms with Gasteiger partial charge >= 0.3 is 0 Å². The molecule has 4 aromatic rings. The Kier molecular flexibility index (Phi) is 5.74. The molecule has 33 heavy (non-hydrogen) atoms. The highest BCUT2D eigenvalue weighted by molar-refractivity contribution is 5.78. The molecule has 0 unspecified atom stereocenters. The smallest absolute Gasteiger partial charge is 0.296 e. The first-order valence-electron chi connectivity index (χ1n) is 10.6. The van der Waals surface area contributed by atoms with E-state index in [4.69, 9.17) is 10.5 Å². The fourth-order valence-corrected chi connectivity index (χ4v) is 3.79. The van der Waals surface area contributed by atoms with Crippen LogP contribution in [0.15, 0.2) is 54.6 Å². The van der Waals surface area contributed by atoms with Gasteiger partial charge in [-0.15, -0.1) is 0 Å². The zero-order valence-corrected chi connectivity index (χ0v) is 17.8. The normalized spacial score (nSPS) is 14.2. The van der Waals surface area contributed by atoms with Crippen LogP contribution in [0, 0.1) is 0 Å². The van der Waals surface area contributed by atoms with E-state index in [0.717, 1.165) is 5.56 Å². The first kappa shape index (κ1) is 21.1. The highest BCUT2D eigenvalue weighted by atomic mass is 19.3. The van der Waals surface area contributed by atoms with Crippen molar-refractivity contribution in [3.8, 4) is 5.82 Å². The molecule has 1 aliphatic rings. The number of para-hydroxylation sites is 2. The molecule has 2 aromatic carbocycles. The Morgan fingerprint density at radius 3 is 2.52 bits per heavy atom. The average molecular weight is 451 g/mol. The zero-order chi connectivity index (χ0) is 22.8. The van der Waals surface area contributed by atoms with Crippen LogP contribution in [-0.2, 0) is 11.3 Å². The lowest BCUT2D eigenvalue weighted by Crippen LogP contribution is -2.37. The molecule has 0 aliphatic carbocycles. The molecule has 1 aliphatic heterocycles. The van der Waals surface area contributed by atoms with E-state index in [1.807, 2.05) is 29.2 Å². The van der Waals surface area contributed by atoms with Crippen molar-refractivity contribution in [2.75, 3.05) is 42.3 Å². The Morgan fingerprint density at radius 2 is 1.76 bits per heavy atom. The van der Waals surface area contributed by atoms with Gasteiger partial charge in [0.25, 0.3) is 6.43 Å². The van der Waals surface area contributed by atoms with Crippen molar-refractivity contribution in [2.24, 2.45) is 0 Å². The predicted octanol–water partition coefficient (Wildman–Crippen LogP) is 3.78. The standard InChI is InChI=1S/C23H23F2N7O/c24-21(25)22-28-17-3-1-2-4-18(17)32(22)20-13-19(27-14-15-5-7-16(26)8-6-15)29-23(30-20)31-9-11-33-12-10-31/h1-8,13,21H,9-12,14,26H2,(H,27,29,30). The fourth-order valence-electron chi connectivity index (χ4n) is 3.79. The molecule has 170 valence electrons. The molecule has 10 heteroatoms. The predicted molar refractivity (Wildman–Crippen MR) is 123 cm³/mol. The summed E-state index contributed by atoms with van der Waals surface area (Å²) in [4.78, 5) is 15.4. The number of nitrogens with two attached hydrogens (primary N) is 1. The number of morpholine rings is 1. The summed E-state index contributed by atoms with van der Waals surface area (Å²) in [6, 6.07) is 16.2. The molecular formula is C23H23F2N7O. The molecule has 0 saturated carbocycles. The number of fused-ring (bicyclic) bond motifs is 1. The van der Waals surface area contributed by atoms with Gasteiger partial charge in [-0.1, -0.05) is 24.3 Å². The third-order valence-corrected chi connectivity index (χ3v) is 5.46. The number of alkyl halides is 2. The summed E-state index contributed by atoms with van der Waals surface area (Å²) in [6.07, 6.45) is -2.76. The molecule has 3 N–H and O–H groups in total. The van der Waals surface area contributed by atoms with E-state index in [0.29, 0.717) is 67.2 Å². The lowest BCUT2D eigenvalue weighted by atomic mass is 10.2. The first-order valence-corrected chi connectivity index (χ1v) is 10.6. The summed E-state index contributed by atoms with van der Waals surface area (Å²) < 4.78 is 34.7. The first-order chi connectivity index (χ1) is 16.1. The summed E-state index contributed by atoms with van der Waals surface area (Å²) >= 11 is 0. The van der Waals surface area contributed by atoms with Crippen LogP contribution in [-0.4, -0.2) is 45.8 Å². The molecular weight excluding hydrogens is 428 g/mol. The number of hydrogen-bond acceptors (Lipinski definition) is 7. The molecule has 0 spiro atoms. The van der Waals surface area contributed by atoms with Crippen LogP contribution in [0.1, 0.15) is 17.8 Å². The quantitative estimate of drug-likeness (QED) is 0.431. The summed E-state index contributed by atoms with van der Waals surface area (Å²) in [5.74, 6) is 0.951. The Bertz CT molecular complexity index is 1250. The second-order valence-corrected chi connectivity index (χ2v) is 7.70. The lowest BCUT2D eigenvalue weighted by molar-refractivity contribution is 0.122. The van der Waals surface area contributed by atoms with Crippen molar-refractivity contribution >= 4 is 28.5 Å². The lowest BCUT2D eigenvalue weighted by Gasteiger charge is -2.27. The monoisotopic (exact) mass is 451 g/mol. The van der Waals surface area contributed by atoms with Gasteiger partial charge in [-0.3, -0.25) is 4.57 Å². The van der Waals surface area contributed by atoms with Crippen molar-refractivity contribution in [1.82, 2.24) is 19.5 Å². The molecule has 0 atom stereocenters. The van der Waals surface area contributed by atoms with Gasteiger partial charge in [-0.2, -0.15) is 9.97 Å². The van der Waals surface area contributed by atoms with Gasteiger partial charge in [0.1, 0.15) is 11.6 Å². The molecule has 1 fully saturated rings. The Hall–Kier alpha value is -3.79. The van der Waals surface area contributed by atoms with Gasteiger partial charge in [0.15, 0.2) is 5.82 Å². The van der Waals surface area contributed by atoms with Crippen molar-refractivity contribution in [3.63, 3.8) is 0 Å². The fraction of sp³-hybridized carbons (Fsp3) is 0.261. The summed E-state index contributed by atoms with van der Waals surface area (Å²) in [6.45, 7) is 2.84. The third kappa shape index (κ3) is 4.42. The van der Waals surface area contributed by atoms with Crippen LogP contribution >= 0.6 is 0 Å². The number of benzene rings is 2. The van der Waals surface area contributed by atoms with Crippen LogP contribution in [0.3, 0.4) is 0 Å². The van der Waals surface area contributed by atoms with E-state index in [1.165, 1.54) is 4.57 Å². The van der Waals surface area contributed by atoms with Gasteiger partial charge in [-0.25, -0.2) is 13.8 Å². The number of rotatable bonds is 6. The minimum Gasteiger partial charge on any atom is -0.399 e. The number of hydrogen-bond donors (Lipinski definition) is 2. The number of nitrogen functional groups attached to an aromatic ring is 1. The molecule has 8 nitrogen and oxygen atoms in total. The Morgan fingerprint density at radius 1 is 1.00 bits per heavy atom. The van der Waals surface area contributed by atoms with Gasteiger partial charge < -0.3 is 20.7 Å². The van der Waals surface area contributed by atoms with Crippen LogP contribution in [0.2, 0.25) is 0 Å².